The Morgan fingerprint density at radius 2 is 1.56 bits per heavy atom. The lowest BCUT2D eigenvalue weighted by Crippen LogP contribution is -2.20. The lowest BCUT2D eigenvalue weighted by atomic mass is 9.73. The second-order valence-electron chi connectivity index (χ2n) is 7.21. The van der Waals surface area contributed by atoms with Crippen LogP contribution in [-0.4, -0.2) is 4.98 Å². The van der Waals surface area contributed by atoms with Gasteiger partial charge < -0.3 is 0 Å². The monoisotopic (exact) mass is 245 g/mol. The molecule has 1 saturated carbocycles. The zero-order valence-electron chi connectivity index (χ0n) is 12.2. The minimum absolute atomic E-state index is 0.503. The predicted octanol–water partition coefficient (Wildman–Crippen LogP) is 4.87. The highest BCUT2D eigenvalue weighted by Gasteiger charge is 2.24. The van der Waals surface area contributed by atoms with Crippen molar-refractivity contribution >= 4 is 0 Å². The molecule has 1 aromatic rings. The molecule has 0 spiro atoms. The molecule has 1 aliphatic carbocycles. The van der Waals surface area contributed by atoms with Gasteiger partial charge in [0, 0.05) is 12.4 Å². The quantitative estimate of drug-likeness (QED) is 0.740. The van der Waals surface area contributed by atoms with Gasteiger partial charge in [-0.15, -0.1) is 0 Å². The third kappa shape index (κ3) is 4.44. The van der Waals surface area contributed by atoms with Crippen LogP contribution in [0.4, 0.5) is 0 Å². The molecule has 1 aliphatic rings. The summed E-state index contributed by atoms with van der Waals surface area (Å²) in [5.74, 6) is 1.88. The average Bonchev–Trinajstić information content (AvgIpc) is 2.31. The molecule has 1 heteroatoms. The van der Waals surface area contributed by atoms with Crippen molar-refractivity contribution in [2.75, 3.05) is 0 Å². The Hall–Kier alpha value is -0.850. The number of nitrogens with zero attached hydrogens (tertiary/aromatic N) is 1. The second-order valence-corrected chi connectivity index (χ2v) is 7.21. The van der Waals surface area contributed by atoms with Crippen LogP contribution < -0.4 is 0 Å². The average molecular weight is 245 g/mol. The maximum atomic E-state index is 4.09. The first-order chi connectivity index (χ1) is 8.53. The molecule has 0 bridgehead atoms. The summed E-state index contributed by atoms with van der Waals surface area (Å²) in [5, 5.41) is 0. The summed E-state index contributed by atoms with van der Waals surface area (Å²) >= 11 is 0. The van der Waals surface area contributed by atoms with Gasteiger partial charge in [0.05, 0.1) is 0 Å². The van der Waals surface area contributed by atoms with Crippen molar-refractivity contribution in [3.63, 3.8) is 0 Å². The highest BCUT2D eigenvalue weighted by molar-refractivity contribution is 5.10. The normalized spacial score (nSPS) is 25.1. The standard InChI is InChI=1S/C17H27N/c1-17(2,3)13-16-6-4-14(5-7-16)12-15-8-10-18-11-9-15/h8-11,14,16H,4-7,12-13H2,1-3H3. The molecule has 1 aromatic heterocycles. The topological polar surface area (TPSA) is 12.9 Å². The maximum absolute atomic E-state index is 4.09. The lowest BCUT2D eigenvalue weighted by Gasteiger charge is -2.32. The fourth-order valence-corrected chi connectivity index (χ4v) is 3.36. The fraction of sp³-hybridized carbons (Fsp3) is 0.706. The summed E-state index contributed by atoms with van der Waals surface area (Å²) in [6.45, 7) is 7.11. The summed E-state index contributed by atoms with van der Waals surface area (Å²) in [6.07, 6.45) is 12.2. The van der Waals surface area contributed by atoms with E-state index in [9.17, 15) is 0 Å². The van der Waals surface area contributed by atoms with E-state index in [0.717, 1.165) is 11.8 Å². The van der Waals surface area contributed by atoms with Crippen LogP contribution >= 0.6 is 0 Å². The van der Waals surface area contributed by atoms with Gasteiger partial charge >= 0.3 is 0 Å². The van der Waals surface area contributed by atoms with E-state index in [1.807, 2.05) is 12.4 Å². The first-order valence-electron chi connectivity index (χ1n) is 7.42. The van der Waals surface area contributed by atoms with E-state index in [2.05, 4.69) is 37.9 Å². The molecule has 0 N–H and O–H groups in total. The van der Waals surface area contributed by atoms with Gasteiger partial charge in [-0.3, -0.25) is 4.98 Å². The van der Waals surface area contributed by atoms with Gasteiger partial charge in [0.1, 0.15) is 0 Å². The molecule has 0 aliphatic heterocycles. The zero-order chi connectivity index (χ0) is 13.0. The van der Waals surface area contributed by atoms with Gasteiger partial charge in [-0.2, -0.15) is 0 Å². The van der Waals surface area contributed by atoms with E-state index < -0.39 is 0 Å². The summed E-state index contributed by atoms with van der Waals surface area (Å²) in [4.78, 5) is 4.09. The summed E-state index contributed by atoms with van der Waals surface area (Å²) in [7, 11) is 0. The molecule has 0 amide bonds. The molecule has 0 atom stereocenters. The molecular weight excluding hydrogens is 218 g/mol. The second kappa shape index (κ2) is 5.86. The van der Waals surface area contributed by atoms with Gasteiger partial charge in [0.2, 0.25) is 0 Å². The largest absolute Gasteiger partial charge is 0.265 e. The van der Waals surface area contributed by atoms with E-state index >= 15 is 0 Å². The Labute approximate surface area is 112 Å². The van der Waals surface area contributed by atoms with Crippen molar-refractivity contribution in [2.45, 2.75) is 59.3 Å². The highest BCUT2D eigenvalue weighted by Crippen LogP contribution is 2.37. The Kier molecular flexibility index (Phi) is 4.42. The van der Waals surface area contributed by atoms with Crippen LogP contribution in [-0.2, 0) is 6.42 Å². The van der Waals surface area contributed by atoms with Crippen molar-refractivity contribution in [2.24, 2.45) is 17.3 Å². The van der Waals surface area contributed by atoms with E-state index in [-0.39, 0.29) is 0 Å². The molecule has 0 radical (unpaired) electrons. The van der Waals surface area contributed by atoms with Crippen molar-refractivity contribution in [1.82, 2.24) is 4.98 Å². The van der Waals surface area contributed by atoms with Crippen molar-refractivity contribution in [3.8, 4) is 0 Å². The van der Waals surface area contributed by atoms with Gasteiger partial charge in [0.25, 0.3) is 0 Å². The number of rotatable bonds is 3. The minimum Gasteiger partial charge on any atom is -0.265 e. The molecular formula is C17H27N. The Bertz CT molecular complexity index is 342. The third-order valence-corrected chi connectivity index (χ3v) is 4.14. The molecule has 1 heterocycles. The van der Waals surface area contributed by atoms with Gasteiger partial charge in [-0.1, -0.05) is 33.6 Å². The molecule has 0 aromatic carbocycles. The van der Waals surface area contributed by atoms with Crippen LogP contribution in [0.1, 0.15) is 58.4 Å². The van der Waals surface area contributed by atoms with Crippen LogP contribution in [0, 0.1) is 17.3 Å². The minimum atomic E-state index is 0.503. The Morgan fingerprint density at radius 3 is 2.11 bits per heavy atom. The van der Waals surface area contributed by atoms with E-state index in [1.54, 1.807) is 0 Å². The van der Waals surface area contributed by atoms with Crippen LogP contribution in [0.15, 0.2) is 24.5 Å². The number of hydrogen-bond donors (Lipinski definition) is 0. The molecule has 2 rings (SSSR count). The van der Waals surface area contributed by atoms with Crippen molar-refractivity contribution < 1.29 is 0 Å². The fourth-order valence-electron chi connectivity index (χ4n) is 3.36. The molecule has 1 fully saturated rings. The molecule has 18 heavy (non-hydrogen) atoms. The Balaban J connectivity index is 1.77. The number of pyridine rings is 1. The van der Waals surface area contributed by atoms with Gasteiger partial charge in [-0.05, 0) is 60.6 Å². The first kappa shape index (κ1) is 13.6. The molecule has 100 valence electrons. The smallest absolute Gasteiger partial charge is 0.0270 e. The van der Waals surface area contributed by atoms with Crippen molar-refractivity contribution in [1.29, 1.82) is 0 Å². The lowest BCUT2D eigenvalue weighted by molar-refractivity contribution is 0.204. The highest BCUT2D eigenvalue weighted by atomic mass is 14.6. The molecule has 0 saturated heterocycles. The van der Waals surface area contributed by atoms with Gasteiger partial charge in [-0.25, -0.2) is 0 Å². The third-order valence-electron chi connectivity index (χ3n) is 4.14. The van der Waals surface area contributed by atoms with Crippen molar-refractivity contribution in [3.05, 3.63) is 30.1 Å². The SMILES string of the molecule is CC(C)(C)CC1CCC(Cc2ccncc2)CC1. The first-order valence-corrected chi connectivity index (χ1v) is 7.42. The van der Waals surface area contributed by atoms with Crippen LogP contribution in [0.3, 0.4) is 0 Å². The van der Waals surface area contributed by atoms with Gasteiger partial charge in [0.15, 0.2) is 0 Å². The van der Waals surface area contributed by atoms with Crippen LogP contribution in [0.5, 0.6) is 0 Å². The van der Waals surface area contributed by atoms with E-state index in [1.165, 1.54) is 44.1 Å². The summed E-state index contributed by atoms with van der Waals surface area (Å²) < 4.78 is 0. The molecule has 0 unspecified atom stereocenters. The number of hydrogen-bond acceptors (Lipinski definition) is 1. The summed E-state index contributed by atoms with van der Waals surface area (Å²) in [6, 6.07) is 4.34. The maximum Gasteiger partial charge on any atom is 0.0270 e. The van der Waals surface area contributed by atoms with Crippen LogP contribution in [0.25, 0.3) is 0 Å². The van der Waals surface area contributed by atoms with Crippen LogP contribution in [0.2, 0.25) is 0 Å². The number of aromatic nitrogens is 1. The molecule has 1 nitrogen and oxygen atoms in total. The Morgan fingerprint density at radius 1 is 1.00 bits per heavy atom. The summed E-state index contributed by atoms with van der Waals surface area (Å²) in [5.41, 5.74) is 1.96. The van der Waals surface area contributed by atoms with E-state index in [4.69, 9.17) is 0 Å². The zero-order valence-corrected chi connectivity index (χ0v) is 12.2. The predicted molar refractivity (Wildman–Crippen MR) is 77.5 cm³/mol. The van der Waals surface area contributed by atoms with E-state index in [0.29, 0.717) is 5.41 Å².